The Morgan fingerprint density at radius 2 is 1.69 bits per heavy atom. The first kappa shape index (κ1) is 19.9. The highest BCUT2D eigenvalue weighted by Crippen LogP contribution is 2.24. The molecule has 0 saturated heterocycles. The third-order valence-corrected chi connectivity index (χ3v) is 4.04. The van der Waals surface area contributed by atoms with Crippen molar-refractivity contribution >= 4 is 28.9 Å². The van der Waals surface area contributed by atoms with Crippen LogP contribution < -0.4 is 15.4 Å². The molecule has 0 aliphatic heterocycles. The largest absolute Gasteiger partial charge is 0.495 e. The summed E-state index contributed by atoms with van der Waals surface area (Å²) in [7, 11) is 1.54. The van der Waals surface area contributed by atoms with E-state index >= 15 is 0 Å². The van der Waals surface area contributed by atoms with Gasteiger partial charge in [0, 0.05) is 5.69 Å². The standard InChI is InChI=1S/C22H21N3O4/c1-3-29-22(27)15-8-10-16(11-9-15)24-17-12-13-19(23-14-17)21(26)25-18-6-4-5-7-20(18)28-2/h4-14,24H,3H2,1-2H3,(H,25,26). The Morgan fingerprint density at radius 1 is 0.966 bits per heavy atom. The van der Waals surface area contributed by atoms with Gasteiger partial charge in [-0.2, -0.15) is 0 Å². The number of aromatic nitrogens is 1. The molecule has 3 aromatic rings. The number of carbonyl (C=O) groups is 2. The molecule has 2 aromatic carbocycles. The molecule has 0 radical (unpaired) electrons. The predicted molar refractivity (Wildman–Crippen MR) is 111 cm³/mol. The Hall–Kier alpha value is -3.87. The number of esters is 1. The summed E-state index contributed by atoms with van der Waals surface area (Å²) in [6.07, 6.45) is 1.57. The molecule has 2 N–H and O–H groups in total. The zero-order valence-electron chi connectivity index (χ0n) is 16.1. The van der Waals surface area contributed by atoms with E-state index in [4.69, 9.17) is 9.47 Å². The van der Waals surface area contributed by atoms with Crippen molar-refractivity contribution in [2.75, 3.05) is 24.4 Å². The first-order valence-corrected chi connectivity index (χ1v) is 9.05. The molecule has 7 nitrogen and oxygen atoms in total. The fourth-order valence-corrected chi connectivity index (χ4v) is 2.61. The van der Waals surface area contributed by atoms with Crippen LogP contribution in [0.15, 0.2) is 66.9 Å². The first-order valence-electron chi connectivity index (χ1n) is 9.05. The van der Waals surface area contributed by atoms with Gasteiger partial charge in [-0.15, -0.1) is 0 Å². The number of amides is 1. The number of pyridine rings is 1. The van der Waals surface area contributed by atoms with Gasteiger partial charge in [-0.05, 0) is 55.5 Å². The number of para-hydroxylation sites is 2. The SMILES string of the molecule is CCOC(=O)c1ccc(Nc2ccc(C(=O)Nc3ccccc3OC)nc2)cc1. The highest BCUT2D eigenvalue weighted by atomic mass is 16.5. The number of hydrogen-bond acceptors (Lipinski definition) is 6. The van der Waals surface area contributed by atoms with E-state index in [0.29, 0.717) is 29.3 Å². The molecule has 0 aliphatic rings. The Morgan fingerprint density at radius 3 is 2.34 bits per heavy atom. The highest BCUT2D eigenvalue weighted by molar-refractivity contribution is 6.03. The van der Waals surface area contributed by atoms with Crippen molar-refractivity contribution in [3.05, 3.63) is 78.1 Å². The van der Waals surface area contributed by atoms with Crippen molar-refractivity contribution in [2.24, 2.45) is 0 Å². The zero-order chi connectivity index (χ0) is 20.6. The lowest BCUT2D eigenvalue weighted by atomic mass is 10.2. The number of hydrogen-bond donors (Lipinski definition) is 2. The summed E-state index contributed by atoms with van der Waals surface area (Å²) < 4.78 is 10.2. The van der Waals surface area contributed by atoms with Gasteiger partial charge in [-0.3, -0.25) is 4.79 Å². The molecule has 0 fully saturated rings. The molecule has 148 valence electrons. The third-order valence-electron chi connectivity index (χ3n) is 4.04. The fourth-order valence-electron chi connectivity index (χ4n) is 2.61. The molecule has 0 spiro atoms. The van der Waals surface area contributed by atoms with Crippen LogP contribution in [0.2, 0.25) is 0 Å². The monoisotopic (exact) mass is 391 g/mol. The van der Waals surface area contributed by atoms with E-state index in [1.807, 2.05) is 12.1 Å². The number of benzene rings is 2. The van der Waals surface area contributed by atoms with Crippen molar-refractivity contribution in [2.45, 2.75) is 6.92 Å². The minimum absolute atomic E-state index is 0.277. The highest BCUT2D eigenvalue weighted by Gasteiger charge is 2.11. The second-order valence-corrected chi connectivity index (χ2v) is 6.01. The molecule has 0 bridgehead atoms. The van der Waals surface area contributed by atoms with Gasteiger partial charge in [-0.25, -0.2) is 9.78 Å². The molecule has 7 heteroatoms. The Bertz CT molecular complexity index is 986. The van der Waals surface area contributed by atoms with Gasteiger partial charge >= 0.3 is 5.97 Å². The van der Waals surface area contributed by atoms with Gasteiger partial charge in [0.2, 0.25) is 0 Å². The van der Waals surface area contributed by atoms with Crippen molar-refractivity contribution < 1.29 is 19.1 Å². The van der Waals surface area contributed by atoms with E-state index in [0.717, 1.165) is 5.69 Å². The molecule has 0 saturated carbocycles. The molecule has 3 rings (SSSR count). The molecule has 1 heterocycles. The first-order chi connectivity index (χ1) is 14.1. The van der Waals surface area contributed by atoms with E-state index < -0.39 is 0 Å². The van der Waals surface area contributed by atoms with Crippen molar-refractivity contribution in [3.63, 3.8) is 0 Å². The average molecular weight is 391 g/mol. The van der Waals surface area contributed by atoms with Crippen molar-refractivity contribution in [1.29, 1.82) is 0 Å². The summed E-state index contributed by atoms with van der Waals surface area (Å²) in [5.41, 5.74) is 2.83. The molecular weight excluding hydrogens is 370 g/mol. The van der Waals surface area contributed by atoms with Crippen LogP contribution in [-0.4, -0.2) is 30.6 Å². The summed E-state index contributed by atoms with van der Waals surface area (Å²) in [5, 5.41) is 5.95. The summed E-state index contributed by atoms with van der Waals surface area (Å²) in [6.45, 7) is 2.10. The number of ether oxygens (including phenoxy) is 2. The van der Waals surface area contributed by atoms with E-state index in [-0.39, 0.29) is 17.6 Å². The van der Waals surface area contributed by atoms with Crippen LogP contribution in [0.25, 0.3) is 0 Å². The summed E-state index contributed by atoms with van der Waals surface area (Å²) in [5.74, 6) is -0.114. The van der Waals surface area contributed by atoms with Gasteiger partial charge < -0.3 is 20.1 Å². The van der Waals surface area contributed by atoms with Gasteiger partial charge in [0.1, 0.15) is 11.4 Å². The third kappa shape index (κ3) is 5.10. The second kappa shape index (κ2) is 9.36. The lowest BCUT2D eigenvalue weighted by Gasteiger charge is -2.10. The van der Waals surface area contributed by atoms with Crippen LogP contribution in [0.4, 0.5) is 17.1 Å². The zero-order valence-corrected chi connectivity index (χ0v) is 16.1. The quantitative estimate of drug-likeness (QED) is 0.585. The number of anilines is 3. The normalized spacial score (nSPS) is 10.1. The minimum Gasteiger partial charge on any atom is -0.495 e. The molecule has 1 aromatic heterocycles. The van der Waals surface area contributed by atoms with E-state index in [9.17, 15) is 9.59 Å². The van der Waals surface area contributed by atoms with Crippen LogP contribution in [0.1, 0.15) is 27.8 Å². The maximum Gasteiger partial charge on any atom is 0.338 e. The Balaban J connectivity index is 1.64. The number of carbonyl (C=O) groups excluding carboxylic acids is 2. The van der Waals surface area contributed by atoms with Crippen LogP contribution >= 0.6 is 0 Å². The fraction of sp³-hybridized carbons (Fsp3) is 0.136. The molecule has 1 amide bonds. The van der Waals surface area contributed by atoms with Crippen LogP contribution in [0.3, 0.4) is 0 Å². The topological polar surface area (TPSA) is 89.5 Å². The minimum atomic E-state index is -0.355. The predicted octanol–water partition coefficient (Wildman–Crippen LogP) is 4.26. The number of nitrogens with zero attached hydrogens (tertiary/aromatic N) is 1. The molecule has 0 unspecified atom stereocenters. The van der Waals surface area contributed by atoms with Crippen molar-refractivity contribution in [3.8, 4) is 5.75 Å². The maximum absolute atomic E-state index is 12.4. The second-order valence-electron chi connectivity index (χ2n) is 6.01. The van der Waals surface area contributed by atoms with Gasteiger partial charge in [0.15, 0.2) is 0 Å². The summed E-state index contributed by atoms with van der Waals surface area (Å²) in [4.78, 5) is 28.3. The Labute approximate surface area is 168 Å². The summed E-state index contributed by atoms with van der Waals surface area (Å²) >= 11 is 0. The maximum atomic E-state index is 12.4. The lowest BCUT2D eigenvalue weighted by molar-refractivity contribution is 0.0526. The Kier molecular flexibility index (Phi) is 6.42. The number of rotatable bonds is 7. The van der Waals surface area contributed by atoms with Crippen LogP contribution in [0.5, 0.6) is 5.75 Å². The van der Waals surface area contributed by atoms with E-state index in [1.165, 1.54) is 0 Å². The molecule has 0 atom stereocenters. The van der Waals surface area contributed by atoms with Gasteiger partial charge in [0.05, 0.1) is 36.9 Å². The van der Waals surface area contributed by atoms with Crippen molar-refractivity contribution in [1.82, 2.24) is 4.98 Å². The van der Waals surface area contributed by atoms with Crippen LogP contribution in [0, 0.1) is 0 Å². The van der Waals surface area contributed by atoms with Gasteiger partial charge in [-0.1, -0.05) is 12.1 Å². The average Bonchev–Trinajstić information content (AvgIpc) is 2.75. The molecule has 0 aliphatic carbocycles. The van der Waals surface area contributed by atoms with E-state index in [2.05, 4.69) is 15.6 Å². The lowest BCUT2D eigenvalue weighted by Crippen LogP contribution is -2.14. The van der Waals surface area contributed by atoms with Crippen LogP contribution in [-0.2, 0) is 4.74 Å². The van der Waals surface area contributed by atoms with Gasteiger partial charge in [0.25, 0.3) is 5.91 Å². The molecule has 29 heavy (non-hydrogen) atoms. The summed E-state index contributed by atoms with van der Waals surface area (Å²) in [6, 6.07) is 17.5. The number of nitrogens with one attached hydrogen (secondary N) is 2. The smallest absolute Gasteiger partial charge is 0.338 e. The molecular formula is C22H21N3O4. The van der Waals surface area contributed by atoms with E-state index in [1.54, 1.807) is 68.8 Å². The number of methoxy groups -OCH3 is 1.